The molecule has 0 aromatic heterocycles. The summed E-state index contributed by atoms with van der Waals surface area (Å²) in [7, 11) is -3.83. The molecule has 0 heterocycles. The van der Waals surface area contributed by atoms with E-state index in [4.69, 9.17) is 0 Å². The third kappa shape index (κ3) is 5.12. The van der Waals surface area contributed by atoms with Crippen molar-refractivity contribution < 1.29 is 13.5 Å². The lowest BCUT2D eigenvalue weighted by atomic mass is 9.87. The first-order valence-corrected chi connectivity index (χ1v) is 11.1. The number of benzene rings is 3. The largest absolute Gasteiger partial charge is 0.386 e. The molecular formula is C24H27NO3S. The molecule has 0 radical (unpaired) electrons. The maximum absolute atomic E-state index is 13.1. The molecule has 0 saturated carbocycles. The van der Waals surface area contributed by atoms with Crippen LogP contribution < -0.4 is 4.72 Å². The van der Waals surface area contributed by atoms with Gasteiger partial charge in [0.1, 0.15) is 0 Å². The molecule has 0 fully saturated rings. The van der Waals surface area contributed by atoms with Gasteiger partial charge in [-0.2, -0.15) is 0 Å². The highest BCUT2D eigenvalue weighted by Crippen LogP contribution is 2.31. The lowest BCUT2D eigenvalue weighted by molar-refractivity contribution is 0.139. The Labute approximate surface area is 173 Å². The van der Waals surface area contributed by atoms with Crippen LogP contribution in [0.3, 0.4) is 0 Å². The van der Waals surface area contributed by atoms with Crippen LogP contribution in [0.5, 0.6) is 0 Å². The average molecular weight is 410 g/mol. The molecule has 0 aliphatic heterocycles. The fraction of sp³-hybridized carbons (Fsp3) is 0.250. The van der Waals surface area contributed by atoms with Gasteiger partial charge < -0.3 is 5.11 Å². The molecule has 0 bridgehead atoms. The van der Waals surface area contributed by atoms with E-state index in [1.54, 1.807) is 24.3 Å². The zero-order valence-corrected chi connectivity index (χ0v) is 17.7. The van der Waals surface area contributed by atoms with E-state index < -0.39 is 22.2 Å². The Kier molecular flexibility index (Phi) is 6.22. The maximum atomic E-state index is 13.1. The molecule has 4 nitrogen and oxygen atoms in total. The predicted molar refractivity (Wildman–Crippen MR) is 116 cm³/mol. The predicted octanol–water partition coefficient (Wildman–Crippen LogP) is 4.74. The lowest BCUT2D eigenvalue weighted by Crippen LogP contribution is -2.32. The van der Waals surface area contributed by atoms with Gasteiger partial charge in [-0.1, -0.05) is 93.6 Å². The number of rotatable bonds is 6. The molecule has 3 rings (SSSR count). The zero-order valence-electron chi connectivity index (χ0n) is 16.9. The van der Waals surface area contributed by atoms with E-state index in [0.29, 0.717) is 11.1 Å². The molecule has 152 valence electrons. The number of aliphatic hydroxyl groups excluding tert-OH is 1. The van der Waals surface area contributed by atoms with Crippen molar-refractivity contribution in [3.05, 3.63) is 102 Å². The summed E-state index contributed by atoms with van der Waals surface area (Å²) < 4.78 is 28.9. The Morgan fingerprint density at radius 2 is 1.24 bits per heavy atom. The second-order valence-corrected chi connectivity index (χ2v) is 9.85. The first kappa shape index (κ1) is 21.2. The molecular weight excluding hydrogens is 382 g/mol. The third-order valence-electron chi connectivity index (χ3n) is 4.93. The smallest absolute Gasteiger partial charge is 0.241 e. The fourth-order valence-electron chi connectivity index (χ4n) is 3.19. The number of hydrogen-bond acceptors (Lipinski definition) is 3. The molecule has 0 unspecified atom stereocenters. The van der Waals surface area contributed by atoms with Crippen LogP contribution in [0.2, 0.25) is 0 Å². The summed E-state index contributed by atoms with van der Waals surface area (Å²) in [6.07, 6.45) is -1.03. The van der Waals surface area contributed by atoms with Crippen molar-refractivity contribution in [2.75, 3.05) is 0 Å². The van der Waals surface area contributed by atoms with Crippen LogP contribution in [0.15, 0.2) is 89.8 Å². The highest BCUT2D eigenvalue weighted by molar-refractivity contribution is 7.89. The van der Waals surface area contributed by atoms with Crippen LogP contribution in [0, 0.1) is 0 Å². The van der Waals surface area contributed by atoms with Crippen LogP contribution in [-0.4, -0.2) is 13.5 Å². The second-order valence-electron chi connectivity index (χ2n) is 8.14. The monoisotopic (exact) mass is 409 g/mol. The standard InChI is InChI=1S/C24H27NO3S/c1-24(2,3)20-14-16-21(17-15-20)29(27,28)25-22(18-10-6-4-7-11-18)23(26)19-12-8-5-9-13-19/h4-17,22-23,25-26H,1-3H3/t22-,23+/m1/s1. The first-order valence-electron chi connectivity index (χ1n) is 9.59. The van der Waals surface area contributed by atoms with Crippen molar-refractivity contribution in [1.82, 2.24) is 4.72 Å². The summed E-state index contributed by atoms with van der Waals surface area (Å²) in [5.41, 5.74) is 2.33. The lowest BCUT2D eigenvalue weighted by Gasteiger charge is -2.25. The molecule has 5 heteroatoms. The fourth-order valence-corrected chi connectivity index (χ4v) is 4.42. The molecule has 0 aliphatic carbocycles. The van der Waals surface area contributed by atoms with Crippen molar-refractivity contribution in [2.24, 2.45) is 0 Å². The minimum atomic E-state index is -3.83. The minimum absolute atomic E-state index is 0.0637. The Morgan fingerprint density at radius 3 is 1.72 bits per heavy atom. The van der Waals surface area contributed by atoms with E-state index in [9.17, 15) is 13.5 Å². The molecule has 3 aromatic rings. The van der Waals surface area contributed by atoms with E-state index >= 15 is 0 Å². The van der Waals surface area contributed by atoms with Crippen LogP contribution in [-0.2, 0) is 15.4 Å². The summed E-state index contributed by atoms with van der Waals surface area (Å²) >= 11 is 0. The average Bonchev–Trinajstić information content (AvgIpc) is 2.72. The van der Waals surface area contributed by atoms with Gasteiger partial charge in [0, 0.05) is 0 Å². The highest BCUT2D eigenvalue weighted by Gasteiger charge is 2.28. The van der Waals surface area contributed by atoms with Crippen molar-refractivity contribution in [1.29, 1.82) is 0 Å². The Hall–Kier alpha value is -2.47. The SMILES string of the molecule is CC(C)(C)c1ccc(S(=O)(=O)N[C@H](c2ccccc2)[C@@H](O)c2ccccc2)cc1. The van der Waals surface area contributed by atoms with E-state index in [-0.39, 0.29) is 10.3 Å². The van der Waals surface area contributed by atoms with Crippen molar-refractivity contribution in [3.8, 4) is 0 Å². The summed E-state index contributed by atoms with van der Waals surface area (Å²) in [6.45, 7) is 6.24. The molecule has 2 N–H and O–H groups in total. The molecule has 0 spiro atoms. The maximum Gasteiger partial charge on any atom is 0.241 e. The van der Waals surface area contributed by atoms with Crippen molar-refractivity contribution in [3.63, 3.8) is 0 Å². The van der Waals surface area contributed by atoms with E-state index in [1.807, 2.05) is 60.7 Å². The number of hydrogen-bond donors (Lipinski definition) is 2. The highest BCUT2D eigenvalue weighted by atomic mass is 32.2. The van der Waals surface area contributed by atoms with E-state index in [2.05, 4.69) is 25.5 Å². The normalized spacial score (nSPS) is 14.3. The molecule has 29 heavy (non-hydrogen) atoms. The Morgan fingerprint density at radius 1 is 0.759 bits per heavy atom. The minimum Gasteiger partial charge on any atom is -0.386 e. The molecule has 3 aromatic carbocycles. The topological polar surface area (TPSA) is 66.4 Å². The number of aliphatic hydroxyl groups is 1. The molecule has 2 atom stereocenters. The molecule has 0 amide bonds. The summed E-state index contributed by atoms with van der Waals surface area (Å²) in [6, 6.07) is 24.3. The summed E-state index contributed by atoms with van der Waals surface area (Å²) in [5.74, 6) is 0. The van der Waals surface area contributed by atoms with Crippen molar-refractivity contribution in [2.45, 2.75) is 43.2 Å². The van der Waals surface area contributed by atoms with E-state index in [1.165, 1.54) is 0 Å². The third-order valence-corrected chi connectivity index (χ3v) is 6.39. The van der Waals surface area contributed by atoms with Gasteiger partial charge in [0.05, 0.1) is 17.0 Å². The zero-order chi connectivity index (χ0) is 21.1. The van der Waals surface area contributed by atoms with Gasteiger partial charge in [0.25, 0.3) is 0 Å². The van der Waals surface area contributed by atoms with Crippen LogP contribution in [0.1, 0.15) is 49.6 Å². The number of sulfonamides is 1. The van der Waals surface area contributed by atoms with Crippen LogP contribution in [0.4, 0.5) is 0 Å². The van der Waals surface area contributed by atoms with Gasteiger partial charge in [-0.15, -0.1) is 0 Å². The second kappa shape index (κ2) is 8.49. The van der Waals surface area contributed by atoms with Gasteiger partial charge >= 0.3 is 0 Å². The van der Waals surface area contributed by atoms with Gasteiger partial charge in [0.15, 0.2) is 0 Å². The summed E-state index contributed by atoms with van der Waals surface area (Å²) in [5, 5.41) is 11.0. The Bertz CT molecular complexity index is 1020. The first-order chi connectivity index (χ1) is 13.7. The molecule has 0 aliphatic rings. The Balaban J connectivity index is 1.95. The number of nitrogens with one attached hydrogen (secondary N) is 1. The van der Waals surface area contributed by atoms with Crippen LogP contribution >= 0.6 is 0 Å². The van der Waals surface area contributed by atoms with Gasteiger partial charge in [-0.25, -0.2) is 13.1 Å². The van der Waals surface area contributed by atoms with E-state index in [0.717, 1.165) is 5.56 Å². The van der Waals surface area contributed by atoms with Gasteiger partial charge in [-0.3, -0.25) is 0 Å². The van der Waals surface area contributed by atoms with Gasteiger partial charge in [-0.05, 0) is 34.2 Å². The van der Waals surface area contributed by atoms with Crippen LogP contribution in [0.25, 0.3) is 0 Å². The van der Waals surface area contributed by atoms with Crippen molar-refractivity contribution >= 4 is 10.0 Å². The molecule has 0 saturated heterocycles. The quantitative estimate of drug-likeness (QED) is 0.618. The summed E-state index contributed by atoms with van der Waals surface area (Å²) in [4.78, 5) is 0.173. The van der Waals surface area contributed by atoms with Gasteiger partial charge in [0.2, 0.25) is 10.0 Å².